The number of sulfonamides is 1. The summed E-state index contributed by atoms with van der Waals surface area (Å²) in [5.41, 5.74) is 0.877. The summed E-state index contributed by atoms with van der Waals surface area (Å²) in [4.78, 5) is 3.84. The third-order valence-electron chi connectivity index (χ3n) is 4.68. The minimum atomic E-state index is -4.06. The maximum Gasteiger partial charge on any atom is 0.215 e. The summed E-state index contributed by atoms with van der Waals surface area (Å²) in [7, 11) is -7.95. The first-order valence-electron chi connectivity index (χ1n) is 9.21. The van der Waals surface area contributed by atoms with E-state index >= 15 is 0 Å². The van der Waals surface area contributed by atoms with E-state index in [1.165, 1.54) is 31.5 Å². The monoisotopic (exact) mass is 482 g/mol. The van der Waals surface area contributed by atoms with Gasteiger partial charge in [-0.1, -0.05) is 35.9 Å². The van der Waals surface area contributed by atoms with Gasteiger partial charge >= 0.3 is 0 Å². The molecule has 3 aromatic rings. The Bertz CT molecular complexity index is 1280. The highest BCUT2D eigenvalue weighted by Crippen LogP contribution is 2.29. The van der Waals surface area contributed by atoms with Crippen LogP contribution in [0.25, 0.3) is 0 Å². The Morgan fingerprint density at radius 1 is 1.06 bits per heavy atom. The Hall–Kier alpha value is -2.33. The molecule has 1 heterocycles. The van der Waals surface area contributed by atoms with Crippen LogP contribution in [0.1, 0.15) is 21.9 Å². The van der Waals surface area contributed by atoms with Crippen molar-refractivity contribution in [1.29, 1.82) is 0 Å². The fourth-order valence-electron chi connectivity index (χ4n) is 3.01. The van der Waals surface area contributed by atoms with E-state index in [2.05, 4.69) is 9.71 Å². The normalized spacial score (nSPS) is 13.1. The van der Waals surface area contributed by atoms with Crippen molar-refractivity contribution in [3.8, 4) is 0 Å². The Labute approximate surface area is 186 Å². The number of sulfone groups is 1. The van der Waals surface area contributed by atoms with Gasteiger partial charge in [-0.25, -0.2) is 25.9 Å². The average Bonchev–Trinajstić information content (AvgIpc) is 2.72. The third kappa shape index (κ3) is 5.68. The molecule has 0 aliphatic heterocycles. The fourth-order valence-corrected chi connectivity index (χ4v) is 6.30. The standard InChI is InChI=1S/C21H20ClFN2O4S2/c1-15-11-18(8-9-20(15)23)31(28,29)21(16-6-4-10-24-12-16)13-25-30(26,27)14-17-5-2-3-7-19(17)22/h2-12,21,25H,13-14H2,1H3/t21-/m0/s1. The SMILES string of the molecule is Cc1cc(S(=O)(=O)[C@@H](CNS(=O)(=O)Cc2ccccc2Cl)c2cccnc2)ccc1F. The van der Waals surface area contributed by atoms with Crippen molar-refractivity contribution in [2.75, 3.05) is 6.54 Å². The van der Waals surface area contributed by atoms with Crippen molar-refractivity contribution in [3.63, 3.8) is 0 Å². The van der Waals surface area contributed by atoms with Gasteiger partial charge in [0.1, 0.15) is 11.1 Å². The number of hydrogen-bond donors (Lipinski definition) is 1. The largest absolute Gasteiger partial charge is 0.264 e. The van der Waals surface area contributed by atoms with E-state index in [0.29, 0.717) is 16.1 Å². The molecule has 2 aromatic carbocycles. The van der Waals surface area contributed by atoms with E-state index in [1.807, 2.05) is 0 Å². The number of hydrogen-bond acceptors (Lipinski definition) is 5. The Kier molecular flexibility index (Phi) is 7.10. The summed E-state index contributed by atoms with van der Waals surface area (Å²) >= 11 is 6.04. The Balaban J connectivity index is 1.91. The molecule has 10 heteroatoms. The van der Waals surface area contributed by atoms with E-state index in [0.717, 1.165) is 6.07 Å². The van der Waals surface area contributed by atoms with Crippen molar-refractivity contribution in [3.05, 3.63) is 94.5 Å². The van der Waals surface area contributed by atoms with E-state index in [1.54, 1.807) is 36.4 Å². The zero-order valence-electron chi connectivity index (χ0n) is 16.5. The summed E-state index contributed by atoms with van der Waals surface area (Å²) in [5, 5.41) is -0.960. The Morgan fingerprint density at radius 3 is 2.45 bits per heavy atom. The molecule has 164 valence electrons. The van der Waals surface area contributed by atoms with Gasteiger partial charge in [0.25, 0.3) is 0 Å². The molecule has 0 amide bonds. The first-order valence-corrected chi connectivity index (χ1v) is 12.8. The van der Waals surface area contributed by atoms with Crippen molar-refractivity contribution in [1.82, 2.24) is 9.71 Å². The zero-order chi connectivity index (χ0) is 22.6. The van der Waals surface area contributed by atoms with Crippen molar-refractivity contribution >= 4 is 31.5 Å². The highest BCUT2D eigenvalue weighted by Gasteiger charge is 2.31. The van der Waals surface area contributed by atoms with Crippen LogP contribution in [0.2, 0.25) is 5.02 Å². The molecule has 0 unspecified atom stereocenters. The lowest BCUT2D eigenvalue weighted by Gasteiger charge is -2.19. The lowest BCUT2D eigenvalue weighted by molar-refractivity contribution is 0.567. The van der Waals surface area contributed by atoms with Crippen LogP contribution in [0.4, 0.5) is 4.39 Å². The quantitative estimate of drug-likeness (QED) is 0.493. The van der Waals surface area contributed by atoms with Crippen LogP contribution in [-0.4, -0.2) is 28.4 Å². The maximum absolute atomic E-state index is 13.6. The lowest BCUT2D eigenvalue weighted by atomic mass is 10.2. The molecule has 0 aliphatic rings. The summed E-state index contributed by atoms with van der Waals surface area (Å²) in [6, 6.07) is 13.1. The summed E-state index contributed by atoms with van der Waals surface area (Å²) in [5.74, 6) is -0.931. The topological polar surface area (TPSA) is 93.2 Å². The molecule has 1 N–H and O–H groups in total. The van der Waals surface area contributed by atoms with E-state index in [-0.39, 0.29) is 10.5 Å². The lowest BCUT2D eigenvalue weighted by Crippen LogP contribution is -2.33. The van der Waals surface area contributed by atoms with Gasteiger partial charge in [-0.3, -0.25) is 4.98 Å². The molecule has 6 nitrogen and oxygen atoms in total. The second kappa shape index (κ2) is 9.44. The molecular formula is C21H20ClFN2O4S2. The van der Waals surface area contributed by atoms with Gasteiger partial charge < -0.3 is 0 Å². The van der Waals surface area contributed by atoms with Crippen molar-refractivity contribution < 1.29 is 21.2 Å². The molecule has 1 aromatic heterocycles. The number of aryl methyl sites for hydroxylation is 1. The molecule has 0 fully saturated rings. The molecular weight excluding hydrogens is 463 g/mol. The van der Waals surface area contributed by atoms with Crippen LogP contribution < -0.4 is 4.72 Å². The third-order valence-corrected chi connectivity index (χ3v) is 8.45. The van der Waals surface area contributed by atoms with Gasteiger partial charge in [-0.2, -0.15) is 0 Å². The predicted octanol–water partition coefficient (Wildman–Crippen LogP) is 3.82. The van der Waals surface area contributed by atoms with Crippen LogP contribution in [0.5, 0.6) is 0 Å². The number of aromatic nitrogens is 1. The maximum atomic E-state index is 13.6. The molecule has 1 atom stereocenters. The first kappa shape index (κ1) is 23.3. The van der Waals surface area contributed by atoms with E-state index in [4.69, 9.17) is 11.6 Å². The zero-order valence-corrected chi connectivity index (χ0v) is 18.9. The highest BCUT2D eigenvalue weighted by atomic mass is 35.5. The molecule has 3 rings (SSSR count). The van der Waals surface area contributed by atoms with Crippen molar-refractivity contribution in [2.24, 2.45) is 0 Å². The van der Waals surface area contributed by atoms with Gasteiger partial charge in [0.05, 0.1) is 10.6 Å². The molecule has 0 aliphatic carbocycles. The number of nitrogens with zero attached hydrogens (tertiary/aromatic N) is 1. The van der Waals surface area contributed by atoms with Crippen LogP contribution in [0, 0.1) is 12.7 Å². The number of halogens is 2. The van der Waals surface area contributed by atoms with Crippen molar-refractivity contribution in [2.45, 2.75) is 22.8 Å². The van der Waals surface area contributed by atoms with E-state index in [9.17, 15) is 21.2 Å². The van der Waals surface area contributed by atoms with Crippen LogP contribution >= 0.6 is 11.6 Å². The van der Waals surface area contributed by atoms with Gasteiger partial charge in [0.15, 0.2) is 9.84 Å². The number of benzene rings is 2. The molecule has 31 heavy (non-hydrogen) atoms. The second-order valence-corrected chi connectivity index (χ2v) is 11.3. The number of nitrogens with one attached hydrogen (secondary N) is 1. The summed E-state index contributed by atoms with van der Waals surface area (Å²) in [6.07, 6.45) is 2.84. The predicted molar refractivity (Wildman–Crippen MR) is 117 cm³/mol. The first-order chi connectivity index (χ1) is 14.6. The van der Waals surface area contributed by atoms with Gasteiger partial charge in [-0.15, -0.1) is 0 Å². The van der Waals surface area contributed by atoms with Gasteiger partial charge in [0, 0.05) is 24.0 Å². The number of pyridine rings is 1. The summed E-state index contributed by atoms with van der Waals surface area (Å²) < 4.78 is 67.9. The van der Waals surface area contributed by atoms with E-state index < -0.39 is 43.2 Å². The Morgan fingerprint density at radius 2 is 1.81 bits per heavy atom. The molecule has 0 bridgehead atoms. The average molecular weight is 483 g/mol. The summed E-state index contributed by atoms with van der Waals surface area (Å²) in [6.45, 7) is 1.04. The van der Waals surface area contributed by atoms with Gasteiger partial charge in [0.2, 0.25) is 10.0 Å². The highest BCUT2D eigenvalue weighted by molar-refractivity contribution is 7.92. The number of rotatable bonds is 8. The minimum absolute atomic E-state index is 0.106. The fraction of sp³-hybridized carbons (Fsp3) is 0.190. The molecule has 0 spiro atoms. The molecule has 0 saturated heterocycles. The second-order valence-electron chi connectivity index (χ2n) is 6.93. The van der Waals surface area contributed by atoms with Crippen LogP contribution in [0.15, 0.2) is 71.9 Å². The molecule has 0 radical (unpaired) electrons. The smallest absolute Gasteiger partial charge is 0.215 e. The molecule has 0 saturated carbocycles. The minimum Gasteiger partial charge on any atom is -0.264 e. The van der Waals surface area contributed by atoms with Crippen LogP contribution in [0.3, 0.4) is 0 Å². The van der Waals surface area contributed by atoms with Crippen LogP contribution in [-0.2, 0) is 25.6 Å². The van der Waals surface area contributed by atoms with Gasteiger partial charge in [-0.05, 0) is 53.9 Å².